The lowest BCUT2D eigenvalue weighted by atomic mass is 10.00. The molecule has 0 unspecified atom stereocenters. The van der Waals surface area contributed by atoms with E-state index in [9.17, 15) is 4.79 Å². The van der Waals surface area contributed by atoms with Crippen molar-refractivity contribution in [1.29, 1.82) is 0 Å². The number of nitrogens with zero attached hydrogens (tertiary/aromatic N) is 2. The van der Waals surface area contributed by atoms with E-state index in [0.29, 0.717) is 5.92 Å². The zero-order valence-corrected chi connectivity index (χ0v) is 16.6. The van der Waals surface area contributed by atoms with Crippen LogP contribution in [0, 0.1) is 5.92 Å². The van der Waals surface area contributed by atoms with E-state index in [1.54, 1.807) is 4.90 Å². The highest BCUT2D eigenvalue weighted by molar-refractivity contribution is 5.69. The maximum atomic E-state index is 12.0. The van der Waals surface area contributed by atoms with Crippen LogP contribution in [0.3, 0.4) is 0 Å². The Bertz CT molecular complexity index is 578. The van der Waals surface area contributed by atoms with E-state index in [1.165, 1.54) is 0 Å². The molecule has 1 aromatic rings. The Kier molecular flexibility index (Phi) is 5.55. The Morgan fingerprint density at radius 3 is 2.12 bits per heavy atom. The summed E-state index contributed by atoms with van der Waals surface area (Å²) in [5.74, 6) is 1.35. The lowest BCUT2D eigenvalue weighted by Gasteiger charge is -2.41. The minimum absolute atomic E-state index is 0.190. The maximum absolute atomic E-state index is 12.0. The van der Waals surface area contributed by atoms with E-state index in [2.05, 4.69) is 24.1 Å². The molecule has 5 heteroatoms. The first-order valence-electron chi connectivity index (χ1n) is 8.91. The van der Waals surface area contributed by atoms with Gasteiger partial charge in [-0.25, -0.2) is 4.79 Å². The molecule has 0 saturated carbocycles. The van der Waals surface area contributed by atoms with Crippen molar-refractivity contribution in [2.45, 2.75) is 52.7 Å². The molecule has 1 aliphatic rings. The van der Waals surface area contributed by atoms with E-state index in [4.69, 9.17) is 9.47 Å². The largest absolute Gasteiger partial charge is 0.488 e. The highest BCUT2D eigenvalue weighted by Gasteiger charge is 2.34. The lowest BCUT2D eigenvalue weighted by Crippen LogP contribution is -2.54. The quantitative estimate of drug-likeness (QED) is 0.819. The second kappa shape index (κ2) is 7.14. The van der Waals surface area contributed by atoms with Crippen molar-refractivity contribution in [2.24, 2.45) is 5.92 Å². The van der Waals surface area contributed by atoms with E-state index in [-0.39, 0.29) is 11.7 Å². The summed E-state index contributed by atoms with van der Waals surface area (Å²) in [6.45, 7) is 14.2. The van der Waals surface area contributed by atoms with Crippen LogP contribution in [0.15, 0.2) is 24.3 Å². The molecule has 0 radical (unpaired) electrons. The molecule has 1 amide bonds. The number of likely N-dealkylation sites (tertiary alicyclic amines) is 1. The molecule has 0 aromatic heterocycles. The van der Waals surface area contributed by atoms with Gasteiger partial charge in [0.15, 0.2) is 0 Å². The molecule has 1 saturated heterocycles. The molecule has 1 fully saturated rings. The number of rotatable bonds is 4. The predicted octanol–water partition coefficient (Wildman–Crippen LogP) is 4.17. The van der Waals surface area contributed by atoms with Gasteiger partial charge in [-0.3, -0.25) is 0 Å². The summed E-state index contributed by atoms with van der Waals surface area (Å²) >= 11 is 0. The average molecular weight is 348 g/mol. The average Bonchev–Trinajstić information content (AvgIpc) is 2.39. The zero-order chi connectivity index (χ0) is 18.8. The van der Waals surface area contributed by atoms with Crippen molar-refractivity contribution >= 4 is 11.8 Å². The standard InChI is InChI=1S/C20H32N2O3/c1-19(2,3)24-17-10-8-16(9-11-17)21(7)12-15-13-22(14-15)18(23)25-20(4,5)6/h8-11,15H,12-14H2,1-7H3. The Morgan fingerprint density at radius 1 is 1.08 bits per heavy atom. The number of amides is 1. The van der Waals surface area contributed by atoms with Crippen LogP contribution in [0.25, 0.3) is 0 Å². The molecule has 1 aliphatic heterocycles. The predicted molar refractivity (Wildman–Crippen MR) is 101 cm³/mol. The van der Waals surface area contributed by atoms with Gasteiger partial charge in [-0.05, 0) is 65.8 Å². The molecule has 1 aromatic carbocycles. The van der Waals surface area contributed by atoms with E-state index >= 15 is 0 Å². The second-order valence-corrected chi connectivity index (χ2v) is 8.84. The minimum atomic E-state index is -0.435. The first kappa shape index (κ1) is 19.4. The summed E-state index contributed by atoms with van der Waals surface area (Å²) in [6, 6.07) is 8.16. The van der Waals surface area contributed by atoms with Crippen molar-refractivity contribution in [3.63, 3.8) is 0 Å². The molecular weight excluding hydrogens is 316 g/mol. The Hall–Kier alpha value is -1.91. The zero-order valence-electron chi connectivity index (χ0n) is 16.6. The molecule has 0 atom stereocenters. The molecule has 0 aliphatic carbocycles. The fraction of sp³-hybridized carbons (Fsp3) is 0.650. The molecule has 25 heavy (non-hydrogen) atoms. The fourth-order valence-electron chi connectivity index (χ4n) is 2.78. The SMILES string of the molecule is CN(CC1CN(C(=O)OC(C)(C)C)C1)c1ccc(OC(C)(C)C)cc1. The van der Waals surface area contributed by atoms with Gasteiger partial charge in [0.1, 0.15) is 17.0 Å². The van der Waals surface area contributed by atoms with Gasteiger partial charge < -0.3 is 19.3 Å². The van der Waals surface area contributed by atoms with Crippen LogP contribution in [0.2, 0.25) is 0 Å². The number of carbonyl (C=O) groups is 1. The fourth-order valence-corrected chi connectivity index (χ4v) is 2.78. The van der Waals surface area contributed by atoms with Gasteiger partial charge >= 0.3 is 6.09 Å². The van der Waals surface area contributed by atoms with Gasteiger partial charge in [0, 0.05) is 38.3 Å². The third kappa shape index (κ3) is 6.15. The highest BCUT2D eigenvalue weighted by Crippen LogP contribution is 2.25. The Balaban J connectivity index is 1.80. The summed E-state index contributed by atoms with van der Waals surface area (Å²) in [4.78, 5) is 16.0. The number of hydrogen-bond donors (Lipinski definition) is 0. The summed E-state index contributed by atoms with van der Waals surface area (Å²) in [7, 11) is 2.08. The van der Waals surface area contributed by atoms with Crippen molar-refractivity contribution in [3.05, 3.63) is 24.3 Å². The monoisotopic (exact) mass is 348 g/mol. The van der Waals surface area contributed by atoms with Crippen LogP contribution in [-0.2, 0) is 4.74 Å². The molecule has 0 N–H and O–H groups in total. The van der Waals surface area contributed by atoms with Crippen LogP contribution < -0.4 is 9.64 Å². The smallest absolute Gasteiger partial charge is 0.410 e. The van der Waals surface area contributed by atoms with Crippen LogP contribution >= 0.6 is 0 Å². The summed E-state index contributed by atoms with van der Waals surface area (Å²) in [6.07, 6.45) is -0.213. The van der Waals surface area contributed by atoms with Gasteiger partial charge in [0.2, 0.25) is 0 Å². The van der Waals surface area contributed by atoms with E-state index in [1.807, 2.05) is 53.7 Å². The molecular formula is C20H32N2O3. The van der Waals surface area contributed by atoms with Gasteiger partial charge in [0.25, 0.3) is 0 Å². The summed E-state index contributed by atoms with van der Waals surface area (Å²) in [5, 5.41) is 0. The van der Waals surface area contributed by atoms with Gasteiger partial charge in [-0.1, -0.05) is 0 Å². The first-order valence-corrected chi connectivity index (χ1v) is 8.91. The number of benzene rings is 1. The summed E-state index contributed by atoms with van der Waals surface area (Å²) < 4.78 is 11.2. The molecule has 140 valence electrons. The third-order valence-electron chi connectivity index (χ3n) is 3.84. The number of anilines is 1. The van der Waals surface area contributed by atoms with E-state index in [0.717, 1.165) is 31.1 Å². The topological polar surface area (TPSA) is 42.0 Å². The van der Waals surface area contributed by atoms with Gasteiger partial charge in [-0.15, -0.1) is 0 Å². The van der Waals surface area contributed by atoms with Crippen LogP contribution in [0.4, 0.5) is 10.5 Å². The van der Waals surface area contributed by atoms with Gasteiger partial charge in [0.05, 0.1) is 0 Å². The third-order valence-corrected chi connectivity index (χ3v) is 3.84. The molecule has 0 bridgehead atoms. The maximum Gasteiger partial charge on any atom is 0.410 e. The van der Waals surface area contributed by atoms with Crippen molar-refractivity contribution < 1.29 is 14.3 Å². The normalized spacial score (nSPS) is 15.6. The molecule has 0 spiro atoms. The lowest BCUT2D eigenvalue weighted by molar-refractivity contribution is 0.000185. The molecule has 2 rings (SSSR count). The summed E-state index contributed by atoms with van der Waals surface area (Å²) in [5.41, 5.74) is 0.525. The van der Waals surface area contributed by atoms with Crippen LogP contribution in [-0.4, -0.2) is 48.9 Å². The highest BCUT2D eigenvalue weighted by atomic mass is 16.6. The van der Waals surface area contributed by atoms with E-state index < -0.39 is 5.60 Å². The van der Waals surface area contributed by atoms with Crippen molar-refractivity contribution in [2.75, 3.05) is 31.6 Å². The molecule has 5 nitrogen and oxygen atoms in total. The second-order valence-electron chi connectivity index (χ2n) is 8.84. The van der Waals surface area contributed by atoms with Crippen molar-refractivity contribution in [1.82, 2.24) is 4.90 Å². The number of ether oxygens (including phenoxy) is 2. The van der Waals surface area contributed by atoms with Crippen LogP contribution in [0.5, 0.6) is 5.75 Å². The first-order chi connectivity index (χ1) is 11.4. The van der Waals surface area contributed by atoms with Crippen LogP contribution in [0.1, 0.15) is 41.5 Å². The number of hydrogen-bond acceptors (Lipinski definition) is 4. The minimum Gasteiger partial charge on any atom is -0.488 e. The van der Waals surface area contributed by atoms with Crippen molar-refractivity contribution in [3.8, 4) is 5.75 Å². The Morgan fingerprint density at radius 2 is 1.64 bits per heavy atom. The number of carbonyl (C=O) groups excluding carboxylic acids is 1. The molecule has 1 heterocycles. The van der Waals surface area contributed by atoms with Gasteiger partial charge in [-0.2, -0.15) is 0 Å². The Labute approximate surface area is 151 Å².